The Balaban J connectivity index is 1.57. The van der Waals surface area contributed by atoms with E-state index in [1.807, 2.05) is 12.1 Å². The van der Waals surface area contributed by atoms with Gasteiger partial charge in [-0.3, -0.25) is 4.79 Å². The van der Waals surface area contributed by atoms with E-state index >= 15 is 0 Å². The van der Waals surface area contributed by atoms with E-state index in [1.165, 1.54) is 7.11 Å². The lowest BCUT2D eigenvalue weighted by atomic mass is 10.0. The van der Waals surface area contributed by atoms with Crippen molar-refractivity contribution in [2.24, 2.45) is 5.73 Å². The van der Waals surface area contributed by atoms with Crippen molar-refractivity contribution in [3.8, 4) is 16.9 Å². The van der Waals surface area contributed by atoms with Crippen LogP contribution in [0.25, 0.3) is 22.2 Å². The highest BCUT2D eigenvalue weighted by molar-refractivity contribution is 6.08. The van der Waals surface area contributed by atoms with Gasteiger partial charge in [0.25, 0.3) is 5.91 Å². The molecule has 4 rings (SSSR count). The zero-order valence-electron chi connectivity index (χ0n) is 16.1. The van der Waals surface area contributed by atoms with Gasteiger partial charge in [-0.1, -0.05) is 24.3 Å². The fourth-order valence-corrected chi connectivity index (χ4v) is 3.26. The molecular weight excluding hydrogens is 382 g/mol. The molecule has 0 spiro atoms. The summed E-state index contributed by atoms with van der Waals surface area (Å²) in [6.07, 6.45) is 1.64. The van der Waals surface area contributed by atoms with Gasteiger partial charge in [0.15, 0.2) is 0 Å². The first-order valence-corrected chi connectivity index (χ1v) is 9.15. The summed E-state index contributed by atoms with van der Waals surface area (Å²) in [5.74, 6) is -0.00341. The van der Waals surface area contributed by atoms with Gasteiger partial charge in [0.2, 0.25) is 0 Å². The van der Waals surface area contributed by atoms with Gasteiger partial charge in [-0.05, 0) is 42.0 Å². The zero-order valence-corrected chi connectivity index (χ0v) is 16.1. The van der Waals surface area contributed by atoms with Crippen molar-refractivity contribution in [3.63, 3.8) is 0 Å². The minimum absolute atomic E-state index is 0.290. The number of aromatic nitrogens is 2. The maximum Gasteiger partial charge on any atom is 0.323 e. The van der Waals surface area contributed by atoms with Crippen molar-refractivity contribution in [1.29, 1.82) is 0 Å². The summed E-state index contributed by atoms with van der Waals surface area (Å²) >= 11 is 0. The number of nitrogens with two attached hydrogens (primary N) is 1. The summed E-state index contributed by atoms with van der Waals surface area (Å²) in [4.78, 5) is 31.4. The minimum atomic E-state index is -0.568. The van der Waals surface area contributed by atoms with Crippen molar-refractivity contribution in [2.45, 2.75) is 0 Å². The Hall–Kier alpha value is -4.33. The standard InChI is InChI=1S/C22H19N5O3/c1-30-17-7-3-2-6-16(17)26-22(29)25-14-10-8-13(9-11-14)18-15-5-4-12-24-21(15)27-19(18)20(23)28/h2-12H,1H3,(H2,23,28)(H,24,27)(H2,25,26,29). The van der Waals surface area contributed by atoms with Gasteiger partial charge in [0.1, 0.15) is 17.1 Å². The third kappa shape index (κ3) is 3.66. The van der Waals surface area contributed by atoms with E-state index in [0.29, 0.717) is 34.0 Å². The lowest BCUT2D eigenvalue weighted by Crippen LogP contribution is -2.19. The number of nitrogens with zero attached hydrogens (tertiary/aromatic N) is 1. The highest BCUT2D eigenvalue weighted by Gasteiger charge is 2.17. The summed E-state index contributed by atoms with van der Waals surface area (Å²) in [6, 6.07) is 17.5. The lowest BCUT2D eigenvalue weighted by Gasteiger charge is -2.11. The zero-order chi connectivity index (χ0) is 21.1. The van der Waals surface area contributed by atoms with Gasteiger partial charge >= 0.3 is 6.03 Å². The Kier molecular flexibility index (Phi) is 5.04. The number of benzene rings is 2. The van der Waals surface area contributed by atoms with E-state index in [1.54, 1.807) is 54.7 Å². The predicted octanol–water partition coefficient (Wildman–Crippen LogP) is 3.98. The molecule has 2 heterocycles. The molecular formula is C22H19N5O3. The number of H-pyrrole nitrogens is 1. The molecule has 4 aromatic rings. The van der Waals surface area contributed by atoms with Crippen LogP contribution in [0.2, 0.25) is 0 Å². The van der Waals surface area contributed by atoms with Crippen LogP contribution in [0.3, 0.4) is 0 Å². The molecule has 0 unspecified atom stereocenters. The molecule has 0 bridgehead atoms. The Morgan fingerprint density at radius 1 is 1.00 bits per heavy atom. The summed E-state index contributed by atoms with van der Waals surface area (Å²) in [5.41, 5.74) is 9.01. The van der Waals surface area contributed by atoms with Crippen LogP contribution in [0.15, 0.2) is 66.9 Å². The van der Waals surface area contributed by atoms with Crippen molar-refractivity contribution >= 4 is 34.3 Å². The van der Waals surface area contributed by atoms with Crippen LogP contribution in [-0.4, -0.2) is 29.0 Å². The lowest BCUT2D eigenvalue weighted by molar-refractivity contribution is 0.0997. The number of amides is 3. The smallest absolute Gasteiger partial charge is 0.323 e. The van der Waals surface area contributed by atoms with Gasteiger partial charge < -0.3 is 26.1 Å². The molecule has 0 aliphatic heterocycles. The number of pyridine rings is 1. The number of urea groups is 1. The Labute approximate surface area is 172 Å². The molecule has 0 saturated heterocycles. The number of aromatic amines is 1. The second kappa shape index (κ2) is 7.96. The molecule has 8 nitrogen and oxygen atoms in total. The van der Waals surface area contributed by atoms with E-state index < -0.39 is 11.9 Å². The quantitative estimate of drug-likeness (QED) is 0.404. The summed E-state index contributed by atoms with van der Waals surface area (Å²) in [7, 11) is 1.54. The number of hydrogen-bond donors (Lipinski definition) is 4. The number of anilines is 2. The summed E-state index contributed by atoms with van der Waals surface area (Å²) in [5, 5.41) is 6.31. The fraction of sp³-hybridized carbons (Fsp3) is 0.0455. The number of methoxy groups -OCH3 is 1. The first kappa shape index (κ1) is 19.0. The molecule has 30 heavy (non-hydrogen) atoms. The Bertz CT molecular complexity index is 1230. The van der Waals surface area contributed by atoms with Crippen LogP contribution >= 0.6 is 0 Å². The summed E-state index contributed by atoms with van der Waals surface area (Å²) in [6.45, 7) is 0. The molecule has 3 amide bonds. The second-order valence-electron chi connectivity index (χ2n) is 6.50. The third-order valence-corrected chi connectivity index (χ3v) is 4.60. The van der Waals surface area contributed by atoms with E-state index in [4.69, 9.17) is 10.5 Å². The first-order valence-electron chi connectivity index (χ1n) is 9.15. The number of fused-ring (bicyclic) bond motifs is 1. The third-order valence-electron chi connectivity index (χ3n) is 4.60. The number of ether oxygens (including phenoxy) is 1. The Morgan fingerprint density at radius 3 is 2.50 bits per heavy atom. The molecule has 150 valence electrons. The van der Waals surface area contributed by atoms with E-state index in [-0.39, 0.29) is 0 Å². The topological polar surface area (TPSA) is 122 Å². The Morgan fingerprint density at radius 2 is 1.77 bits per heavy atom. The largest absolute Gasteiger partial charge is 0.495 e. The number of carbonyl (C=O) groups is 2. The molecule has 0 atom stereocenters. The van der Waals surface area contributed by atoms with E-state index in [2.05, 4.69) is 20.6 Å². The molecule has 2 aromatic heterocycles. The van der Waals surface area contributed by atoms with Gasteiger partial charge in [0.05, 0.1) is 12.8 Å². The molecule has 2 aromatic carbocycles. The van der Waals surface area contributed by atoms with Crippen molar-refractivity contribution in [1.82, 2.24) is 9.97 Å². The molecule has 0 aliphatic carbocycles. The molecule has 8 heteroatoms. The van der Waals surface area contributed by atoms with Crippen LogP contribution < -0.4 is 21.1 Å². The van der Waals surface area contributed by atoms with Crippen LogP contribution in [-0.2, 0) is 0 Å². The number of hydrogen-bond acceptors (Lipinski definition) is 4. The molecule has 0 fully saturated rings. The number of para-hydroxylation sites is 2. The maximum absolute atomic E-state index is 12.3. The van der Waals surface area contributed by atoms with Gasteiger partial charge in [-0.25, -0.2) is 9.78 Å². The second-order valence-corrected chi connectivity index (χ2v) is 6.50. The minimum Gasteiger partial charge on any atom is -0.495 e. The molecule has 5 N–H and O–H groups in total. The van der Waals surface area contributed by atoms with E-state index in [9.17, 15) is 9.59 Å². The number of primary amides is 1. The average molecular weight is 401 g/mol. The molecule has 0 aliphatic rings. The molecule has 0 saturated carbocycles. The van der Waals surface area contributed by atoms with Crippen LogP contribution in [0.4, 0.5) is 16.2 Å². The highest BCUT2D eigenvalue weighted by atomic mass is 16.5. The fourth-order valence-electron chi connectivity index (χ4n) is 3.26. The van der Waals surface area contributed by atoms with Gasteiger partial charge in [0, 0.05) is 22.8 Å². The van der Waals surface area contributed by atoms with Crippen molar-refractivity contribution < 1.29 is 14.3 Å². The normalized spacial score (nSPS) is 10.6. The van der Waals surface area contributed by atoms with Crippen molar-refractivity contribution in [3.05, 3.63) is 72.6 Å². The first-order chi connectivity index (χ1) is 14.6. The number of nitrogens with one attached hydrogen (secondary N) is 3. The maximum atomic E-state index is 12.3. The van der Waals surface area contributed by atoms with Crippen molar-refractivity contribution in [2.75, 3.05) is 17.7 Å². The average Bonchev–Trinajstić information content (AvgIpc) is 3.15. The number of rotatable bonds is 5. The van der Waals surface area contributed by atoms with Gasteiger partial charge in [-0.2, -0.15) is 0 Å². The predicted molar refractivity (Wildman–Crippen MR) is 116 cm³/mol. The van der Waals surface area contributed by atoms with E-state index in [0.717, 1.165) is 10.9 Å². The van der Waals surface area contributed by atoms with Crippen LogP contribution in [0, 0.1) is 0 Å². The van der Waals surface area contributed by atoms with Crippen LogP contribution in [0.5, 0.6) is 5.75 Å². The monoisotopic (exact) mass is 401 g/mol. The summed E-state index contributed by atoms with van der Waals surface area (Å²) < 4.78 is 5.23. The SMILES string of the molecule is COc1ccccc1NC(=O)Nc1ccc(-c2c(C(N)=O)[nH]c3ncccc23)cc1. The molecule has 0 radical (unpaired) electrons. The highest BCUT2D eigenvalue weighted by Crippen LogP contribution is 2.32. The van der Waals surface area contributed by atoms with Crippen LogP contribution in [0.1, 0.15) is 10.5 Å². The van der Waals surface area contributed by atoms with Gasteiger partial charge in [-0.15, -0.1) is 0 Å². The number of carbonyl (C=O) groups excluding carboxylic acids is 2.